The Bertz CT molecular complexity index is 361. The summed E-state index contributed by atoms with van der Waals surface area (Å²) < 4.78 is 0. The van der Waals surface area contributed by atoms with E-state index >= 15 is 0 Å². The molecule has 0 aliphatic carbocycles. The molecule has 0 saturated heterocycles. The predicted octanol–water partition coefficient (Wildman–Crippen LogP) is 2.27. The quantitative estimate of drug-likeness (QED) is 0.791. The summed E-state index contributed by atoms with van der Waals surface area (Å²) in [6, 6.07) is 7.64. The number of nitrogen functional groups attached to an aromatic ring is 1. The summed E-state index contributed by atoms with van der Waals surface area (Å²) in [5.41, 5.74) is 7.49. The first kappa shape index (κ1) is 12.6. The molecule has 1 aromatic rings. The lowest BCUT2D eigenvalue weighted by molar-refractivity contribution is -0.131. The van der Waals surface area contributed by atoms with Gasteiger partial charge >= 0.3 is 0 Å². The number of nitrogens with zero attached hydrogens (tertiary/aromatic N) is 1. The van der Waals surface area contributed by atoms with Crippen molar-refractivity contribution in [3.63, 3.8) is 0 Å². The van der Waals surface area contributed by atoms with E-state index in [9.17, 15) is 4.79 Å². The van der Waals surface area contributed by atoms with Crippen LogP contribution in [0.1, 0.15) is 25.8 Å². The number of carbonyl (C=O) groups is 1. The van der Waals surface area contributed by atoms with Crippen LogP contribution in [0.25, 0.3) is 0 Å². The zero-order valence-corrected chi connectivity index (χ0v) is 10.2. The van der Waals surface area contributed by atoms with Crippen LogP contribution in [0.2, 0.25) is 0 Å². The predicted molar refractivity (Wildman–Crippen MR) is 66.8 cm³/mol. The molecule has 0 spiro atoms. The second kappa shape index (κ2) is 5.54. The van der Waals surface area contributed by atoms with Crippen molar-refractivity contribution in [2.24, 2.45) is 5.92 Å². The lowest BCUT2D eigenvalue weighted by Gasteiger charge is -2.18. The van der Waals surface area contributed by atoms with Crippen LogP contribution < -0.4 is 5.73 Å². The van der Waals surface area contributed by atoms with Gasteiger partial charge in [-0.05, 0) is 23.6 Å². The summed E-state index contributed by atoms with van der Waals surface area (Å²) >= 11 is 0. The first-order valence-electron chi connectivity index (χ1n) is 5.57. The van der Waals surface area contributed by atoms with E-state index in [1.165, 1.54) is 0 Å². The third kappa shape index (κ3) is 3.93. The molecule has 0 saturated carbocycles. The highest BCUT2D eigenvalue weighted by molar-refractivity contribution is 5.76. The number of carbonyl (C=O) groups excluding carboxylic acids is 1. The molecule has 3 nitrogen and oxygen atoms in total. The van der Waals surface area contributed by atoms with E-state index in [1.807, 2.05) is 45.2 Å². The molecule has 1 rings (SSSR count). The van der Waals surface area contributed by atoms with E-state index in [-0.39, 0.29) is 5.91 Å². The van der Waals surface area contributed by atoms with Gasteiger partial charge in [0.1, 0.15) is 0 Å². The largest absolute Gasteiger partial charge is 0.399 e. The summed E-state index contributed by atoms with van der Waals surface area (Å²) in [6.45, 7) is 4.72. The Morgan fingerprint density at radius 2 is 2.12 bits per heavy atom. The molecule has 1 aromatic carbocycles. The molecule has 0 radical (unpaired) electrons. The number of hydrogen-bond acceptors (Lipinski definition) is 2. The van der Waals surface area contributed by atoms with E-state index in [1.54, 1.807) is 4.90 Å². The second-order valence-corrected chi connectivity index (χ2v) is 4.59. The zero-order valence-electron chi connectivity index (χ0n) is 10.2. The number of rotatable bonds is 4. The minimum absolute atomic E-state index is 0.178. The molecule has 3 heteroatoms. The maximum atomic E-state index is 11.7. The minimum atomic E-state index is 0.178. The molecular formula is C13H20N2O. The Hall–Kier alpha value is -1.51. The van der Waals surface area contributed by atoms with Gasteiger partial charge in [0.25, 0.3) is 0 Å². The fraction of sp³-hybridized carbons (Fsp3) is 0.462. The van der Waals surface area contributed by atoms with Gasteiger partial charge in [0, 0.05) is 25.7 Å². The van der Waals surface area contributed by atoms with Crippen LogP contribution in [0.3, 0.4) is 0 Å². The van der Waals surface area contributed by atoms with Crippen LogP contribution in [-0.2, 0) is 11.3 Å². The molecule has 88 valence electrons. The molecule has 16 heavy (non-hydrogen) atoms. The third-order valence-corrected chi connectivity index (χ3v) is 2.38. The normalized spacial score (nSPS) is 10.5. The molecule has 0 aromatic heterocycles. The van der Waals surface area contributed by atoms with Crippen LogP contribution in [0.15, 0.2) is 24.3 Å². The van der Waals surface area contributed by atoms with Gasteiger partial charge in [0.05, 0.1) is 0 Å². The number of benzene rings is 1. The average Bonchev–Trinajstić information content (AvgIpc) is 2.16. The van der Waals surface area contributed by atoms with E-state index in [0.717, 1.165) is 11.3 Å². The summed E-state index contributed by atoms with van der Waals surface area (Å²) in [5.74, 6) is 0.577. The van der Waals surface area contributed by atoms with Gasteiger partial charge in [-0.25, -0.2) is 0 Å². The molecule has 2 N–H and O–H groups in total. The maximum Gasteiger partial charge on any atom is 0.222 e. The van der Waals surface area contributed by atoms with Gasteiger partial charge in [-0.1, -0.05) is 26.0 Å². The van der Waals surface area contributed by atoms with Gasteiger partial charge in [-0.15, -0.1) is 0 Å². The van der Waals surface area contributed by atoms with Crippen molar-refractivity contribution in [2.75, 3.05) is 12.8 Å². The maximum absolute atomic E-state index is 11.7. The highest BCUT2D eigenvalue weighted by Crippen LogP contribution is 2.10. The van der Waals surface area contributed by atoms with Gasteiger partial charge < -0.3 is 10.6 Å². The summed E-state index contributed by atoms with van der Waals surface area (Å²) in [7, 11) is 1.83. The smallest absolute Gasteiger partial charge is 0.222 e. The zero-order chi connectivity index (χ0) is 12.1. The van der Waals surface area contributed by atoms with Crippen molar-refractivity contribution >= 4 is 11.6 Å². The Labute approximate surface area is 97.2 Å². The topological polar surface area (TPSA) is 46.3 Å². The van der Waals surface area contributed by atoms with E-state index < -0.39 is 0 Å². The lowest BCUT2D eigenvalue weighted by Crippen LogP contribution is -2.27. The van der Waals surface area contributed by atoms with Gasteiger partial charge in [-0.2, -0.15) is 0 Å². The number of amides is 1. The minimum Gasteiger partial charge on any atom is -0.399 e. The molecule has 0 heterocycles. The van der Waals surface area contributed by atoms with Crippen molar-refractivity contribution in [1.29, 1.82) is 0 Å². The first-order valence-corrected chi connectivity index (χ1v) is 5.57. The summed E-state index contributed by atoms with van der Waals surface area (Å²) in [5, 5.41) is 0. The van der Waals surface area contributed by atoms with E-state index in [4.69, 9.17) is 5.73 Å². The summed E-state index contributed by atoms with van der Waals surface area (Å²) in [4.78, 5) is 13.5. The van der Waals surface area contributed by atoms with Gasteiger partial charge in [-0.3, -0.25) is 4.79 Å². The fourth-order valence-electron chi connectivity index (χ4n) is 1.56. The van der Waals surface area contributed by atoms with E-state index in [0.29, 0.717) is 18.9 Å². The Morgan fingerprint density at radius 3 is 2.69 bits per heavy atom. The van der Waals surface area contributed by atoms with Crippen LogP contribution in [0, 0.1) is 5.92 Å². The van der Waals surface area contributed by atoms with Gasteiger partial charge in [0.15, 0.2) is 0 Å². The van der Waals surface area contributed by atoms with E-state index in [2.05, 4.69) is 0 Å². The SMILES string of the molecule is CC(C)CC(=O)N(C)Cc1cccc(N)c1. The van der Waals surface area contributed by atoms with Crippen LogP contribution in [0.4, 0.5) is 5.69 Å². The molecule has 0 aliphatic rings. The molecule has 0 unspecified atom stereocenters. The monoisotopic (exact) mass is 220 g/mol. The molecule has 0 aliphatic heterocycles. The first-order chi connectivity index (χ1) is 7.49. The highest BCUT2D eigenvalue weighted by atomic mass is 16.2. The molecule has 0 fully saturated rings. The molecule has 0 bridgehead atoms. The van der Waals surface area contributed by atoms with Crippen molar-refractivity contribution < 1.29 is 4.79 Å². The third-order valence-electron chi connectivity index (χ3n) is 2.38. The number of nitrogens with two attached hydrogens (primary N) is 1. The lowest BCUT2D eigenvalue weighted by atomic mass is 10.1. The Balaban J connectivity index is 2.57. The molecular weight excluding hydrogens is 200 g/mol. The second-order valence-electron chi connectivity index (χ2n) is 4.59. The highest BCUT2D eigenvalue weighted by Gasteiger charge is 2.10. The standard InChI is InChI=1S/C13H20N2O/c1-10(2)7-13(16)15(3)9-11-5-4-6-12(14)8-11/h4-6,8,10H,7,9,14H2,1-3H3. The Morgan fingerprint density at radius 1 is 1.44 bits per heavy atom. The average molecular weight is 220 g/mol. The van der Waals surface area contributed by atoms with Crippen molar-refractivity contribution in [3.05, 3.63) is 29.8 Å². The van der Waals surface area contributed by atoms with Crippen molar-refractivity contribution in [3.8, 4) is 0 Å². The van der Waals surface area contributed by atoms with Crippen molar-refractivity contribution in [2.45, 2.75) is 26.8 Å². The summed E-state index contributed by atoms with van der Waals surface area (Å²) in [6.07, 6.45) is 0.596. The Kier molecular flexibility index (Phi) is 4.35. The number of hydrogen-bond donors (Lipinski definition) is 1. The molecule has 0 atom stereocenters. The van der Waals surface area contributed by atoms with Crippen LogP contribution >= 0.6 is 0 Å². The number of anilines is 1. The van der Waals surface area contributed by atoms with Crippen LogP contribution in [0.5, 0.6) is 0 Å². The van der Waals surface area contributed by atoms with Crippen molar-refractivity contribution in [1.82, 2.24) is 4.90 Å². The fourth-order valence-corrected chi connectivity index (χ4v) is 1.56. The van der Waals surface area contributed by atoms with Crippen LogP contribution in [-0.4, -0.2) is 17.9 Å². The molecule has 1 amide bonds. The van der Waals surface area contributed by atoms with Gasteiger partial charge in [0.2, 0.25) is 5.91 Å².